The number of amides is 1. The van der Waals surface area contributed by atoms with Crippen molar-refractivity contribution in [3.8, 4) is 0 Å². The number of hydrogen-bond donors (Lipinski definition) is 1. The van der Waals surface area contributed by atoms with E-state index < -0.39 is 0 Å². The van der Waals surface area contributed by atoms with E-state index >= 15 is 0 Å². The van der Waals surface area contributed by atoms with Gasteiger partial charge in [-0.15, -0.1) is 0 Å². The van der Waals surface area contributed by atoms with Crippen LogP contribution in [0.5, 0.6) is 0 Å². The van der Waals surface area contributed by atoms with Crippen LogP contribution in [0, 0.1) is 13.8 Å². The van der Waals surface area contributed by atoms with Crippen LogP contribution in [0.4, 0.5) is 5.69 Å². The first-order valence-electron chi connectivity index (χ1n) is 5.80. The summed E-state index contributed by atoms with van der Waals surface area (Å²) in [6.45, 7) is 3.94. The largest absolute Gasteiger partial charge is 0.321 e. The van der Waals surface area contributed by atoms with Gasteiger partial charge in [0.1, 0.15) is 0 Å². The number of carbonyl (C=O) groups is 1. The highest BCUT2D eigenvalue weighted by atomic mass is 79.9. The first kappa shape index (κ1) is 14.1. The molecule has 0 spiro atoms. The molecule has 0 aromatic heterocycles. The number of nitrogens with one attached hydrogen (secondary N) is 1. The maximum Gasteiger partial charge on any atom is 0.255 e. The van der Waals surface area contributed by atoms with Crippen molar-refractivity contribution in [3.05, 3.63) is 62.6 Å². The molecular formula is C15H13BrClNO. The van der Waals surface area contributed by atoms with Crippen LogP contribution >= 0.6 is 27.5 Å². The highest BCUT2D eigenvalue weighted by molar-refractivity contribution is 9.10. The molecule has 2 nitrogen and oxygen atoms in total. The van der Waals surface area contributed by atoms with Crippen molar-refractivity contribution in [2.45, 2.75) is 13.8 Å². The predicted molar refractivity (Wildman–Crippen MR) is 83.0 cm³/mol. The van der Waals surface area contributed by atoms with Crippen molar-refractivity contribution >= 4 is 39.1 Å². The number of halogens is 2. The lowest BCUT2D eigenvalue weighted by atomic mass is 10.1. The Morgan fingerprint density at radius 1 is 1.11 bits per heavy atom. The molecule has 4 heteroatoms. The Hall–Kier alpha value is -1.32. The Morgan fingerprint density at radius 3 is 2.32 bits per heavy atom. The molecule has 1 amide bonds. The second-order valence-corrected chi connectivity index (χ2v) is 5.78. The zero-order valence-corrected chi connectivity index (χ0v) is 13.0. The molecule has 0 atom stereocenters. The zero-order valence-electron chi connectivity index (χ0n) is 10.6. The van der Waals surface area contributed by atoms with Gasteiger partial charge in [0, 0.05) is 10.0 Å². The minimum atomic E-state index is -0.156. The van der Waals surface area contributed by atoms with Crippen molar-refractivity contribution in [2.24, 2.45) is 0 Å². The van der Waals surface area contributed by atoms with Gasteiger partial charge < -0.3 is 5.32 Å². The Bertz CT molecular complexity index is 620. The van der Waals surface area contributed by atoms with Crippen LogP contribution in [0.2, 0.25) is 5.02 Å². The molecule has 0 saturated heterocycles. The summed E-state index contributed by atoms with van der Waals surface area (Å²) in [7, 11) is 0. The molecule has 2 aromatic carbocycles. The van der Waals surface area contributed by atoms with Gasteiger partial charge in [-0.05, 0) is 44.2 Å². The first-order valence-corrected chi connectivity index (χ1v) is 6.97. The van der Waals surface area contributed by atoms with Crippen LogP contribution in [0.3, 0.4) is 0 Å². The van der Waals surface area contributed by atoms with Crippen LogP contribution in [0.1, 0.15) is 21.5 Å². The van der Waals surface area contributed by atoms with Crippen molar-refractivity contribution in [1.82, 2.24) is 0 Å². The highest BCUT2D eigenvalue weighted by Gasteiger charge is 2.09. The molecule has 0 saturated carbocycles. The number of hydrogen-bond acceptors (Lipinski definition) is 1. The lowest BCUT2D eigenvalue weighted by molar-refractivity contribution is 0.102. The van der Waals surface area contributed by atoms with Crippen molar-refractivity contribution in [3.63, 3.8) is 0 Å². The topological polar surface area (TPSA) is 29.1 Å². The van der Waals surface area contributed by atoms with Gasteiger partial charge in [0.25, 0.3) is 5.91 Å². The van der Waals surface area contributed by atoms with E-state index in [1.165, 1.54) is 0 Å². The molecule has 0 unspecified atom stereocenters. The molecule has 0 aliphatic heterocycles. The first-order chi connectivity index (χ1) is 8.95. The SMILES string of the molecule is Cc1cc(C)cc(C(=O)Nc2ccc(Br)cc2Cl)c1. The molecule has 0 aliphatic carbocycles. The molecule has 2 rings (SSSR count). The summed E-state index contributed by atoms with van der Waals surface area (Å²) in [5.74, 6) is -0.156. The van der Waals surface area contributed by atoms with E-state index in [9.17, 15) is 4.79 Å². The van der Waals surface area contributed by atoms with E-state index in [2.05, 4.69) is 21.2 Å². The minimum Gasteiger partial charge on any atom is -0.321 e. The van der Waals surface area contributed by atoms with Crippen molar-refractivity contribution in [1.29, 1.82) is 0 Å². The molecule has 0 bridgehead atoms. The summed E-state index contributed by atoms with van der Waals surface area (Å²) in [4.78, 5) is 12.2. The van der Waals surface area contributed by atoms with Crippen LogP contribution < -0.4 is 5.32 Å². The van der Waals surface area contributed by atoms with Crippen LogP contribution in [-0.4, -0.2) is 5.91 Å². The fraction of sp³-hybridized carbons (Fsp3) is 0.133. The second kappa shape index (κ2) is 5.76. The number of rotatable bonds is 2. The van der Waals surface area contributed by atoms with E-state index in [1.807, 2.05) is 38.1 Å². The van der Waals surface area contributed by atoms with E-state index in [0.717, 1.165) is 15.6 Å². The molecular weight excluding hydrogens is 326 g/mol. The van der Waals surface area contributed by atoms with E-state index in [1.54, 1.807) is 12.1 Å². The monoisotopic (exact) mass is 337 g/mol. The van der Waals surface area contributed by atoms with Crippen LogP contribution in [-0.2, 0) is 0 Å². The standard InChI is InChI=1S/C15H13BrClNO/c1-9-5-10(2)7-11(6-9)15(19)18-14-4-3-12(16)8-13(14)17/h3-8H,1-2H3,(H,18,19). The van der Waals surface area contributed by atoms with Gasteiger partial charge in [-0.3, -0.25) is 4.79 Å². The normalized spacial score (nSPS) is 10.3. The summed E-state index contributed by atoms with van der Waals surface area (Å²) < 4.78 is 0.877. The maximum absolute atomic E-state index is 12.2. The maximum atomic E-state index is 12.2. The van der Waals surface area contributed by atoms with Gasteiger partial charge in [0.15, 0.2) is 0 Å². The second-order valence-electron chi connectivity index (χ2n) is 4.45. The quantitative estimate of drug-likeness (QED) is 0.823. The number of aryl methyl sites for hydroxylation is 2. The Kier molecular flexibility index (Phi) is 4.27. The van der Waals surface area contributed by atoms with Gasteiger partial charge >= 0.3 is 0 Å². The van der Waals surface area contributed by atoms with Crippen LogP contribution in [0.25, 0.3) is 0 Å². The molecule has 0 heterocycles. The van der Waals surface area contributed by atoms with Crippen molar-refractivity contribution < 1.29 is 4.79 Å². The average molecular weight is 339 g/mol. The third-order valence-corrected chi connectivity index (χ3v) is 3.47. The Morgan fingerprint density at radius 2 is 1.74 bits per heavy atom. The average Bonchev–Trinajstić information content (AvgIpc) is 2.31. The minimum absolute atomic E-state index is 0.156. The van der Waals surface area contributed by atoms with E-state index in [0.29, 0.717) is 16.3 Å². The molecule has 0 radical (unpaired) electrons. The zero-order chi connectivity index (χ0) is 14.0. The predicted octanol–water partition coefficient (Wildman–Crippen LogP) is 4.97. The summed E-state index contributed by atoms with van der Waals surface area (Å²) in [5, 5.41) is 3.32. The number of benzene rings is 2. The van der Waals surface area contributed by atoms with Gasteiger partial charge in [-0.2, -0.15) is 0 Å². The Balaban J connectivity index is 2.25. The smallest absolute Gasteiger partial charge is 0.255 e. The highest BCUT2D eigenvalue weighted by Crippen LogP contribution is 2.26. The summed E-state index contributed by atoms with van der Waals surface area (Å²) in [6, 6.07) is 11.1. The van der Waals surface area contributed by atoms with Crippen molar-refractivity contribution in [2.75, 3.05) is 5.32 Å². The Labute approximate surface area is 125 Å². The lowest BCUT2D eigenvalue weighted by Crippen LogP contribution is -2.12. The molecule has 0 aliphatic rings. The molecule has 0 fully saturated rings. The molecule has 98 valence electrons. The molecule has 1 N–H and O–H groups in total. The number of anilines is 1. The van der Waals surface area contributed by atoms with Gasteiger partial charge in [0.2, 0.25) is 0 Å². The third kappa shape index (κ3) is 3.58. The third-order valence-electron chi connectivity index (χ3n) is 2.66. The summed E-state index contributed by atoms with van der Waals surface area (Å²) in [6.07, 6.45) is 0. The fourth-order valence-electron chi connectivity index (χ4n) is 1.89. The van der Waals surface area contributed by atoms with Gasteiger partial charge in [-0.25, -0.2) is 0 Å². The summed E-state index contributed by atoms with van der Waals surface area (Å²) >= 11 is 9.41. The number of carbonyl (C=O) groups excluding carboxylic acids is 1. The summed E-state index contributed by atoms with van der Waals surface area (Å²) in [5.41, 5.74) is 3.37. The lowest BCUT2D eigenvalue weighted by Gasteiger charge is -2.09. The van der Waals surface area contributed by atoms with E-state index in [-0.39, 0.29) is 5.91 Å². The van der Waals surface area contributed by atoms with Gasteiger partial charge in [0.05, 0.1) is 10.7 Å². The van der Waals surface area contributed by atoms with Crippen LogP contribution in [0.15, 0.2) is 40.9 Å². The van der Waals surface area contributed by atoms with Gasteiger partial charge in [-0.1, -0.05) is 44.7 Å². The fourth-order valence-corrected chi connectivity index (χ4v) is 2.61. The molecule has 19 heavy (non-hydrogen) atoms. The molecule has 2 aromatic rings. The van der Waals surface area contributed by atoms with E-state index in [4.69, 9.17) is 11.6 Å².